The molecule has 1 heterocycles. The van der Waals surface area contributed by atoms with Gasteiger partial charge in [-0.3, -0.25) is 10.1 Å². The summed E-state index contributed by atoms with van der Waals surface area (Å²) in [4.78, 5) is 14.4. The van der Waals surface area contributed by atoms with Crippen molar-refractivity contribution in [3.05, 3.63) is 56.7 Å². The summed E-state index contributed by atoms with van der Waals surface area (Å²) in [6.07, 6.45) is 1.58. The van der Waals surface area contributed by atoms with Crippen LogP contribution in [0, 0.1) is 17.0 Å². The van der Waals surface area contributed by atoms with Crippen LogP contribution in [0.2, 0.25) is 0 Å². The van der Waals surface area contributed by atoms with Crippen molar-refractivity contribution in [3.63, 3.8) is 0 Å². The molecule has 92 valence electrons. The Morgan fingerprint density at radius 1 is 1.39 bits per heavy atom. The highest BCUT2D eigenvalue weighted by atomic mass is 79.9. The summed E-state index contributed by atoms with van der Waals surface area (Å²) in [7, 11) is 0. The summed E-state index contributed by atoms with van der Waals surface area (Å²) in [5.41, 5.74) is 0.712. The molecule has 2 aromatic rings. The van der Waals surface area contributed by atoms with E-state index in [1.807, 2.05) is 13.0 Å². The Kier molecular flexibility index (Phi) is 3.57. The molecule has 0 aliphatic heterocycles. The van der Waals surface area contributed by atoms with Crippen LogP contribution in [0.4, 0.5) is 5.69 Å². The summed E-state index contributed by atoms with van der Waals surface area (Å²) in [5, 5.41) is 10.8. The lowest BCUT2D eigenvalue weighted by Gasteiger charge is -2.07. The van der Waals surface area contributed by atoms with Crippen molar-refractivity contribution in [2.24, 2.45) is 0 Å². The molecular weight excluding hydrogens is 300 g/mol. The maximum absolute atomic E-state index is 10.8. The molecule has 0 fully saturated rings. The number of ether oxygens (including phenoxy) is 1. The number of rotatable bonds is 3. The Morgan fingerprint density at radius 3 is 2.78 bits per heavy atom. The van der Waals surface area contributed by atoms with Crippen LogP contribution in [0.1, 0.15) is 5.56 Å². The van der Waals surface area contributed by atoms with Gasteiger partial charge in [0.25, 0.3) is 0 Å². The highest BCUT2D eigenvalue weighted by Crippen LogP contribution is 2.31. The smallest absolute Gasteiger partial charge is 0.311 e. The Hall–Kier alpha value is -1.95. The van der Waals surface area contributed by atoms with Crippen LogP contribution in [0.3, 0.4) is 0 Å². The molecule has 0 radical (unpaired) electrons. The molecule has 0 bridgehead atoms. The van der Waals surface area contributed by atoms with Gasteiger partial charge in [0.1, 0.15) is 0 Å². The van der Waals surface area contributed by atoms with Crippen LogP contribution >= 0.6 is 15.9 Å². The number of nitro benzene ring substituents is 1. The predicted octanol–water partition coefficient (Wildman–Crippen LogP) is 3.85. The number of nitro groups is 1. The summed E-state index contributed by atoms with van der Waals surface area (Å²) >= 11 is 3.29. The molecule has 1 aromatic heterocycles. The maximum atomic E-state index is 10.8. The summed E-state index contributed by atoms with van der Waals surface area (Å²) in [6, 6.07) is 8.03. The van der Waals surface area contributed by atoms with Gasteiger partial charge >= 0.3 is 5.69 Å². The summed E-state index contributed by atoms with van der Waals surface area (Å²) < 4.78 is 6.31. The zero-order valence-corrected chi connectivity index (χ0v) is 11.0. The first-order chi connectivity index (χ1) is 8.58. The van der Waals surface area contributed by atoms with E-state index >= 15 is 0 Å². The van der Waals surface area contributed by atoms with E-state index in [-0.39, 0.29) is 11.4 Å². The molecule has 0 unspecified atom stereocenters. The van der Waals surface area contributed by atoms with Crippen LogP contribution in [-0.4, -0.2) is 9.91 Å². The molecule has 0 aliphatic rings. The highest BCUT2D eigenvalue weighted by Gasteiger charge is 2.15. The minimum absolute atomic E-state index is 0.0818. The molecule has 18 heavy (non-hydrogen) atoms. The van der Waals surface area contributed by atoms with Gasteiger partial charge in [-0.2, -0.15) is 0 Å². The number of pyridine rings is 1. The van der Waals surface area contributed by atoms with E-state index in [1.165, 1.54) is 6.07 Å². The van der Waals surface area contributed by atoms with E-state index in [0.717, 1.165) is 10.0 Å². The number of aryl methyl sites for hydroxylation is 1. The van der Waals surface area contributed by atoms with Crippen molar-refractivity contribution < 1.29 is 9.66 Å². The average molecular weight is 309 g/mol. The van der Waals surface area contributed by atoms with Gasteiger partial charge in [-0.05, 0) is 35.0 Å². The minimum atomic E-state index is -0.483. The Labute approximate surface area is 112 Å². The van der Waals surface area contributed by atoms with Crippen LogP contribution in [0.5, 0.6) is 11.6 Å². The molecular formula is C12H9BrN2O3. The van der Waals surface area contributed by atoms with Gasteiger partial charge in [0.2, 0.25) is 11.6 Å². The molecule has 0 saturated heterocycles. The third kappa shape index (κ3) is 2.65. The number of hydrogen-bond donors (Lipinski definition) is 0. The number of aromatic nitrogens is 1. The number of benzene rings is 1. The van der Waals surface area contributed by atoms with Crippen LogP contribution in [0.15, 0.2) is 41.0 Å². The minimum Gasteiger partial charge on any atom is -0.432 e. The van der Waals surface area contributed by atoms with Gasteiger partial charge in [-0.1, -0.05) is 12.1 Å². The van der Waals surface area contributed by atoms with Crippen molar-refractivity contribution in [3.8, 4) is 11.6 Å². The van der Waals surface area contributed by atoms with Crippen molar-refractivity contribution in [2.75, 3.05) is 0 Å². The molecule has 5 nitrogen and oxygen atoms in total. The molecule has 0 aliphatic carbocycles. The van der Waals surface area contributed by atoms with Crippen molar-refractivity contribution in [1.29, 1.82) is 0 Å². The van der Waals surface area contributed by atoms with Crippen molar-refractivity contribution >= 4 is 21.6 Å². The average Bonchev–Trinajstić information content (AvgIpc) is 2.33. The Morgan fingerprint density at radius 2 is 2.11 bits per heavy atom. The predicted molar refractivity (Wildman–Crippen MR) is 69.8 cm³/mol. The van der Waals surface area contributed by atoms with Gasteiger partial charge in [-0.15, -0.1) is 0 Å². The molecule has 0 amide bonds. The third-order valence-electron chi connectivity index (χ3n) is 2.27. The molecule has 0 N–H and O–H groups in total. The van der Waals surface area contributed by atoms with E-state index in [2.05, 4.69) is 20.9 Å². The normalized spacial score (nSPS) is 10.1. The highest BCUT2D eigenvalue weighted by molar-refractivity contribution is 9.10. The second kappa shape index (κ2) is 5.14. The lowest BCUT2D eigenvalue weighted by atomic mass is 10.3. The quantitative estimate of drug-likeness (QED) is 0.638. The fourth-order valence-electron chi connectivity index (χ4n) is 1.43. The molecule has 6 heteroatoms. The largest absolute Gasteiger partial charge is 0.432 e. The van der Waals surface area contributed by atoms with Gasteiger partial charge in [-0.25, -0.2) is 4.98 Å². The second-order valence-corrected chi connectivity index (χ2v) is 4.52. The first-order valence-corrected chi connectivity index (χ1v) is 5.90. The van der Waals surface area contributed by atoms with Gasteiger partial charge in [0.05, 0.1) is 4.92 Å². The lowest BCUT2D eigenvalue weighted by molar-refractivity contribution is -0.385. The number of halogens is 1. The summed E-state index contributed by atoms with van der Waals surface area (Å²) in [6.45, 7) is 1.82. The first kappa shape index (κ1) is 12.5. The standard InChI is InChI=1S/C12H9BrN2O3/c1-8-6-9(13)7-14-12(8)18-11-5-3-2-4-10(11)15(16)17/h2-7H,1H3. The van der Waals surface area contributed by atoms with Gasteiger partial charge in [0.15, 0.2) is 0 Å². The fourth-order valence-corrected chi connectivity index (χ4v) is 1.88. The molecule has 0 saturated carbocycles. The maximum Gasteiger partial charge on any atom is 0.311 e. The second-order valence-electron chi connectivity index (χ2n) is 3.60. The first-order valence-electron chi connectivity index (χ1n) is 5.11. The van der Waals surface area contributed by atoms with E-state index in [1.54, 1.807) is 24.4 Å². The third-order valence-corrected chi connectivity index (χ3v) is 2.70. The molecule has 0 atom stereocenters. The zero-order valence-electron chi connectivity index (χ0n) is 9.46. The number of para-hydroxylation sites is 2. The SMILES string of the molecule is Cc1cc(Br)cnc1Oc1ccccc1[N+](=O)[O-]. The molecule has 2 rings (SSSR count). The van der Waals surface area contributed by atoms with Crippen LogP contribution in [0.25, 0.3) is 0 Å². The molecule has 1 aromatic carbocycles. The van der Waals surface area contributed by atoms with Crippen molar-refractivity contribution in [1.82, 2.24) is 4.98 Å². The monoisotopic (exact) mass is 308 g/mol. The van der Waals surface area contributed by atoms with E-state index in [0.29, 0.717) is 5.88 Å². The van der Waals surface area contributed by atoms with Gasteiger partial charge < -0.3 is 4.74 Å². The van der Waals surface area contributed by atoms with E-state index in [4.69, 9.17) is 4.74 Å². The molecule has 0 spiro atoms. The topological polar surface area (TPSA) is 65.3 Å². The fraction of sp³-hybridized carbons (Fsp3) is 0.0833. The number of hydrogen-bond acceptors (Lipinski definition) is 4. The van der Waals surface area contributed by atoms with E-state index in [9.17, 15) is 10.1 Å². The number of nitrogens with zero attached hydrogens (tertiary/aromatic N) is 2. The van der Waals surface area contributed by atoms with Crippen LogP contribution in [-0.2, 0) is 0 Å². The zero-order chi connectivity index (χ0) is 13.1. The van der Waals surface area contributed by atoms with Crippen LogP contribution < -0.4 is 4.74 Å². The van der Waals surface area contributed by atoms with Gasteiger partial charge in [0, 0.05) is 22.3 Å². The van der Waals surface area contributed by atoms with Crippen molar-refractivity contribution in [2.45, 2.75) is 6.92 Å². The Bertz CT molecular complexity index is 602. The lowest BCUT2D eigenvalue weighted by Crippen LogP contribution is -1.95. The Balaban J connectivity index is 2.37. The summed E-state index contributed by atoms with van der Waals surface area (Å²) in [5.74, 6) is 0.535. The van der Waals surface area contributed by atoms with E-state index < -0.39 is 4.92 Å².